The minimum absolute atomic E-state index is 0.201. The fourth-order valence-electron chi connectivity index (χ4n) is 0.769. The molecule has 0 saturated carbocycles. The van der Waals surface area contributed by atoms with Crippen LogP contribution in [0.15, 0.2) is 18.3 Å². The van der Waals surface area contributed by atoms with Crippen LogP contribution in [0, 0.1) is 0 Å². The number of alkyl halides is 2. The van der Waals surface area contributed by atoms with Crippen LogP contribution in [0.4, 0.5) is 8.78 Å². The van der Waals surface area contributed by atoms with Crippen molar-refractivity contribution in [2.75, 3.05) is 6.54 Å². The van der Waals surface area contributed by atoms with Crippen molar-refractivity contribution in [2.45, 2.75) is 5.92 Å². The number of halogens is 3. The lowest BCUT2D eigenvalue weighted by molar-refractivity contribution is 0.00574. The van der Waals surface area contributed by atoms with Crippen LogP contribution in [-0.4, -0.2) is 11.5 Å². The average molecular weight is 193 g/mol. The fourth-order valence-corrected chi connectivity index (χ4v) is 1.03. The van der Waals surface area contributed by atoms with E-state index in [0.717, 1.165) is 0 Å². The number of hydrogen-bond donors (Lipinski definition) is 1. The van der Waals surface area contributed by atoms with E-state index in [-0.39, 0.29) is 10.7 Å². The molecule has 2 N–H and O–H groups in total. The van der Waals surface area contributed by atoms with E-state index in [4.69, 9.17) is 17.3 Å². The highest BCUT2D eigenvalue weighted by Crippen LogP contribution is 2.30. The van der Waals surface area contributed by atoms with Gasteiger partial charge in [0.25, 0.3) is 5.92 Å². The topological polar surface area (TPSA) is 38.9 Å². The Hall–Kier alpha value is -0.740. The first-order valence-corrected chi connectivity index (χ1v) is 3.64. The maximum absolute atomic E-state index is 12.9. The summed E-state index contributed by atoms with van der Waals surface area (Å²) in [5.74, 6) is -3.09. The molecule has 0 aliphatic heterocycles. The van der Waals surface area contributed by atoms with Crippen LogP contribution in [0.1, 0.15) is 5.56 Å². The largest absolute Gasteiger partial charge is 0.325 e. The Morgan fingerprint density at radius 1 is 1.58 bits per heavy atom. The van der Waals surface area contributed by atoms with Gasteiger partial charge < -0.3 is 5.73 Å². The van der Waals surface area contributed by atoms with Gasteiger partial charge in [-0.25, -0.2) is 4.98 Å². The molecule has 5 heteroatoms. The molecule has 12 heavy (non-hydrogen) atoms. The quantitative estimate of drug-likeness (QED) is 0.726. The highest BCUT2D eigenvalue weighted by Gasteiger charge is 2.32. The number of rotatable bonds is 2. The van der Waals surface area contributed by atoms with E-state index in [9.17, 15) is 8.78 Å². The molecule has 0 saturated heterocycles. The van der Waals surface area contributed by atoms with Crippen LogP contribution < -0.4 is 5.73 Å². The van der Waals surface area contributed by atoms with Crippen molar-refractivity contribution < 1.29 is 8.78 Å². The first-order chi connectivity index (χ1) is 5.58. The maximum atomic E-state index is 12.9. The van der Waals surface area contributed by atoms with Gasteiger partial charge >= 0.3 is 0 Å². The molecule has 1 rings (SSSR count). The summed E-state index contributed by atoms with van der Waals surface area (Å²) in [7, 11) is 0. The van der Waals surface area contributed by atoms with Gasteiger partial charge in [0.1, 0.15) is 5.15 Å². The van der Waals surface area contributed by atoms with E-state index in [2.05, 4.69) is 4.98 Å². The van der Waals surface area contributed by atoms with Crippen molar-refractivity contribution in [3.63, 3.8) is 0 Å². The molecule has 2 nitrogen and oxygen atoms in total. The lowest BCUT2D eigenvalue weighted by atomic mass is 10.1. The van der Waals surface area contributed by atoms with Gasteiger partial charge in [0.05, 0.1) is 12.1 Å². The molecule has 66 valence electrons. The summed E-state index contributed by atoms with van der Waals surface area (Å²) in [6.07, 6.45) is 1.35. The molecule has 0 fully saturated rings. The maximum Gasteiger partial charge on any atom is 0.288 e. The summed E-state index contributed by atoms with van der Waals surface area (Å²) in [6, 6.07) is 2.60. The number of pyridine rings is 1. The van der Waals surface area contributed by atoms with Crippen molar-refractivity contribution >= 4 is 11.6 Å². The first kappa shape index (κ1) is 9.35. The highest BCUT2D eigenvalue weighted by molar-refractivity contribution is 6.30. The van der Waals surface area contributed by atoms with Gasteiger partial charge in [-0.1, -0.05) is 11.6 Å². The molecule has 0 aliphatic carbocycles. The average Bonchev–Trinajstić information content (AvgIpc) is 2.05. The van der Waals surface area contributed by atoms with E-state index in [0.29, 0.717) is 0 Å². The molecule has 0 radical (unpaired) electrons. The minimum atomic E-state index is -3.09. The smallest absolute Gasteiger partial charge is 0.288 e. The van der Waals surface area contributed by atoms with E-state index in [1.807, 2.05) is 0 Å². The molecular weight excluding hydrogens is 186 g/mol. The molecule has 0 aromatic carbocycles. The summed E-state index contributed by atoms with van der Waals surface area (Å²) >= 11 is 5.44. The van der Waals surface area contributed by atoms with Gasteiger partial charge in [-0.15, -0.1) is 0 Å². The van der Waals surface area contributed by atoms with Crippen LogP contribution in [0.3, 0.4) is 0 Å². The van der Waals surface area contributed by atoms with E-state index in [1.165, 1.54) is 18.3 Å². The summed E-state index contributed by atoms with van der Waals surface area (Å²) in [5, 5.41) is -0.201. The van der Waals surface area contributed by atoms with Crippen molar-refractivity contribution in [1.29, 1.82) is 0 Å². The third-order valence-electron chi connectivity index (χ3n) is 1.41. The summed E-state index contributed by atoms with van der Waals surface area (Å²) < 4.78 is 25.8. The molecule has 0 atom stereocenters. The Morgan fingerprint density at radius 2 is 2.25 bits per heavy atom. The molecule has 0 aliphatic rings. The van der Waals surface area contributed by atoms with Crippen molar-refractivity contribution in [2.24, 2.45) is 5.73 Å². The van der Waals surface area contributed by atoms with Crippen molar-refractivity contribution in [3.05, 3.63) is 29.0 Å². The van der Waals surface area contributed by atoms with Gasteiger partial charge in [0.2, 0.25) is 0 Å². The molecule has 1 aromatic rings. The Bertz CT molecular complexity index is 278. The molecule has 0 unspecified atom stereocenters. The Balaban J connectivity index is 3.10. The number of nitrogens with two attached hydrogens (primary N) is 1. The number of hydrogen-bond acceptors (Lipinski definition) is 2. The third-order valence-corrected chi connectivity index (χ3v) is 1.71. The van der Waals surface area contributed by atoms with E-state index < -0.39 is 12.5 Å². The predicted molar refractivity (Wildman–Crippen MR) is 42.2 cm³/mol. The second-order valence-electron chi connectivity index (χ2n) is 2.25. The Labute approximate surface area is 73.4 Å². The zero-order valence-corrected chi connectivity index (χ0v) is 6.85. The monoisotopic (exact) mass is 192 g/mol. The SMILES string of the molecule is NCC(F)(F)c1cccnc1Cl. The normalized spacial score (nSPS) is 11.7. The minimum Gasteiger partial charge on any atom is -0.325 e. The zero-order valence-electron chi connectivity index (χ0n) is 6.10. The fraction of sp³-hybridized carbons (Fsp3) is 0.286. The van der Waals surface area contributed by atoms with Crippen molar-refractivity contribution in [3.8, 4) is 0 Å². The van der Waals surface area contributed by atoms with Crippen LogP contribution in [-0.2, 0) is 5.92 Å². The Morgan fingerprint density at radius 3 is 2.75 bits per heavy atom. The second kappa shape index (κ2) is 3.33. The second-order valence-corrected chi connectivity index (χ2v) is 2.61. The number of aromatic nitrogens is 1. The number of nitrogens with zero attached hydrogens (tertiary/aromatic N) is 1. The summed E-state index contributed by atoms with van der Waals surface area (Å²) in [6.45, 7) is -0.765. The molecular formula is C7H7ClF2N2. The van der Waals surface area contributed by atoms with Gasteiger partial charge in [-0.3, -0.25) is 0 Å². The standard InChI is InChI=1S/C7H7ClF2N2/c8-6-5(2-1-3-12-6)7(9,10)4-11/h1-3H,4,11H2. The van der Waals surface area contributed by atoms with Crippen LogP contribution in [0.5, 0.6) is 0 Å². The highest BCUT2D eigenvalue weighted by atomic mass is 35.5. The lowest BCUT2D eigenvalue weighted by Crippen LogP contribution is -2.25. The van der Waals surface area contributed by atoms with E-state index >= 15 is 0 Å². The Kier molecular flexibility index (Phi) is 2.59. The van der Waals surface area contributed by atoms with Gasteiger partial charge in [0, 0.05) is 6.20 Å². The molecule has 0 bridgehead atoms. The first-order valence-electron chi connectivity index (χ1n) is 3.27. The van der Waals surface area contributed by atoms with Crippen molar-refractivity contribution in [1.82, 2.24) is 4.98 Å². The van der Waals surface area contributed by atoms with Crippen LogP contribution in [0.25, 0.3) is 0 Å². The molecule has 0 amide bonds. The third kappa shape index (κ3) is 1.70. The van der Waals surface area contributed by atoms with Gasteiger partial charge in [-0.2, -0.15) is 8.78 Å². The van der Waals surface area contributed by atoms with E-state index in [1.54, 1.807) is 0 Å². The lowest BCUT2D eigenvalue weighted by Gasteiger charge is -2.14. The predicted octanol–water partition coefficient (Wildman–Crippen LogP) is 1.79. The molecule has 1 heterocycles. The van der Waals surface area contributed by atoms with Gasteiger partial charge in [0.15, 0.2) is 0 Å². The zero-order chi connectivity index (χ0) is 9.19. The summed E-state index contributed by atoms with van der Waals surface area (Å²) in [5.41, 5.74) is 4.55. The molecule has 1 aromatic heterocycles. The molecule has 0 spiro atoms. The van der Waals surface area contributed by atoms with Crippen LogP contribution >= 0.6 is 11.6 Å². The van der Waals surface area contributed by atoms with Gasteiger partial charge in [-0.05, 0) is 12.1 Å². The van der Waals surface area contributed by atoms with Crippen LogP contribution in [0.2, 0.25) is 5.15 Å². The summed E-state index contributed by atoms with van der Waals surface area (Å²) in [4.78, 5) is 3.52.